The highest BCUT2D eigenvalue weighted by atomic mass is 14.8. The van der Waals surface area contributed by atoms with E-state index in [0.29, 0.717) is 0 Å². The van der Waals surface area contributed by atoms with E-state index < -0.39 is 0 Å². The smallest absolute Gasteiger partial charge is 0.0211 e. The number of hydrogen-bond donors (Lipinski definition) is 1. The lowest BCUT2D eigenvalue weighted by molar-refractivity contribution is 0.687. The lowest BCUT2D eigenvalue weighted by Crippen LogP contribution is -2.14. The molecule has 1 N–H and O–H groups in total. The second-order valence-electron chi connectivity index (χ2n) is 4.96. The van der Waals surface area contributed by atoms with Crippen LogP contribution in [0.5, 0.6) is 0 Å². The summed E-state index contributed by atoms with van der Waals surface area (Å²) in [6.07, 6.45) is 0. The molecule has 0 aliphatic heterocycles. The van der Waals surface area contributed by atoms with E-state index in [1.54, 1.807) is 0 Å². The Morgan fingerprint density at radius 3 is 2.22 bits per heavy atom. The van der Waals surface area contributed by atoms with Gasteiger partial charge in [0.1, 0.15) is 0 Å². The Hall–Kier alpha value is -1.60. The number of aryl methyl sites for hydroxylation is 3. The van der Waals surface area contributed by atoms with E-state index in [1.807, 2.05) is 0 Å². The lowest BCUT2D eigenvalue weighted by atomic mass is 10.1. The molecule has 0 radical (unpaired) electrons. The highest BCUT2D eigenvalue weighted by Gasteiger charge is 2.00. The van der Waals surface area contributed by atoms with E-state index in [9.17, 15) is 0 Å². The van der Waals surface area contributed by atoms with Crippen molar-refractivity contribution in [2.45, 2.75) is 33.9 Å². The van der Waals surface area contributed by atoms with Gasteiger partial charge >= 0.3 is 0 Å². The molecule has 0 heterocycles. The molecule has 1 nitrogen and oxygen atoms in total. The van der Waals surface area contributed by atoms with E-state index in [4.69, 9.17) is 0 Å². The van der Waals surface area contributed by atoms with Gasteiger partial charge in [-0.1, -0.05) is 48.0 Å². The van der Waals surface area contributed by atoms with Gasteiger partial charge in [-0.25, -0.2) is 0 Å². The van der Waals surface area contributed by atoms with Gasteiger partial charge in [-0.3, -0.25) is 0 Å². The molecular weight excluding hydrogens is 218 g/mol. The molecule has 1 heteroatoms. The first-order valence-corrected chi connectivity index (χ1v) is 6.48. The number of benzene rings is 2. The highest BCUT2D eigenvalue weighted by Crippen LogP contribution is 2.11. The van der Waals surface area contributed by atoms with Crippen LogP contribution in [0, 0.1) is 20.8 Å². The van der Waals surface area contributed by atoms with Crippen LogP contribution in [0.1, 0.15) is 27.8 Å². The number of nitrogens with one attached hydrogen (secondary N) is 1. The summed E-state index contributed by atoms with van der Waals surface area (Å²) >= 11 is 0. The first kappa shape index (κ1) is 12.8. The fraction of sp³-hybridized carbons (Fsp3) is 0.294. The van der Waals surface area contributed by atoms with Gasteiger partial charge in [0, 0.05) is 13.1 Å². The van der Waals surface area contributed by atoms with Gasteiger partial charge in [-0.05, 0) is 43.0 Å². The molecule has 0 aliphatic rings. The fourth-order valence-electron chi connectivity index (χ4n) is 2.13. The molecule has 2 rings (SSSR count). The average molecular weight is 239 g/mol. The maximum Gasteiger partial charge on any atom is 0.0211 e. The van der Waals surface area contributed by atoms with Crippen molar-refractivity contribution in [2.75, 3.05) is 0 Å². The molecule has 0 saturated carbocycles. The minimum absolute atomic E-state index is 0.931. The van der Waals surface area contributed by atoms with Crippen LogP contribution in [0.2, 0.25) is 0 Å². The van der Waals surface area contributed by atoms with E-state index in [0.717, 1.165) is 13.1 Å². The van der Waals surface area contributed by atoms with Crippen molar-refractivity contribution in [2.24, 2.45) is 0 Å². The zero-order valence-electron chi connectivity index (χ0n) is 11.5. The largest absolute Gasteiger partial charge is 0.309 e. The molecule has 94 valence electrons. The molecule has 0 aliphatic carbocycles. The first-order chi connectivity index (χ1) is 8.66. The summed E-state index contributed by atoms with van der Waals surface area (Å²) in [7, 11) is 0. The molecule has 0 bridgehead atoms. The Labute approximate surface area is 110 Å². The quantitative estimate of drug-likeness (QED) is 0.853. The molecule has 2 aromatic carbocycles. The van der Waals surface area contributed by atoms with Crippen molar-refractivity contribution in [1.29, 1.82) is 0 Å². The van der Waals surface area contributed by atoms with Crippen LogP contribution in [0.4, 0.5) is 0 Å². The zero-order chi connectivity index (χ0) is 13.0. The second kappa shape index (κ2) is 5.83. The van der Waals surface area contributed by atoms with E-state index in [2.05, 4.69) is 68.6 Å². The Bertz CT molecular complexity index is 529. The third kappa shape index (κ3) is 3.21. The predicted molar refractivity (Wildman–Crippen MR) is 77.6 cm³/mol. The van der Waals surface area contributed by atoms with Crippen molar-refractivity contribution in [3.8, 4) is 0 Å². The molecule has 0 aromatic heterocycles. The molecule has 0 fully saturated rings. The van der Waals surface area contributed by atoms with Crippen molar-refractivity contribution in [3.63, 3.8) is 0 Å². The molecule has 0 amide bonds. The third-order valence-corrected chi connectivity index (χ3v) is 3.40. The van der Waals surface area contributed by atoms with E-state index in [-0.39, 0.29) is 0 Å². The summed E-state index contributed by atoms with van der Waals surface area (Å²) in [6, 6.07) is 15.2. The maximum absolute atomic E-state index is 3.53. The lowest BCUT2D eigenvalue weighted by Gasteiger charge is -2.10. The topological polar surface area (TPSA) is 12.0 Å². The van der Waals surface area contributed by atoms with Crippen LogP contribution < -0.4 is 5.32 Å². The Kier molecular flexibility index (Phi) is 4.16. The van der Waals surface area contributed by atoms with Gasteiger partial charge < -0.3 is 5.32 Å². The Morgan fingerprint density at radius 2 is 1.44 bits per heavy atom. The standard InChI is InChI=1S/C17H21N/c1-13-8-9-15(3)17(10-13)12-18-11-16-7-5-4-6-14(16)2/h4-10,18H,11-12H2,1-3H3. The molecule has 0 unspecified atom stereocenters. The van der Waals surface area contributed by atoms with Gasteiger partial charge in [0.25, 0.3) is 0 Å². The van der Waals surface area contributed by atoms with Crippen LogP contribution in [0.3, 0.4) is 0 Å². The predicted octanol–water partition coefficient (Wildman–Crippen LogP) is 3.90. The van der Waals surface area contributed by atoms with E-state index >= 15 is 0 Å². The third-order valence-electron chi connectivity index (χ3n) is 3.40. The van der Waals surface area contributed by atoms with Crippen LogP contribution >= 0.6 is 0 Å². The number of hydrogen-bond acceptors (Lipinski definition) is 1. The Balaban J connectivity index is 1.96. The summed E-state index contributed by atoms with van der Waals surface area (Å²) in [4.78, 5) is 0. The van der Waals surface area contributed by atoms with Crippen LogP contribution in [-0.4, -0.2) is 0 Å². The van der Waals surface area contributed by atoms with Gasteiger partial charge in [0.2, 0.25) is 0 Å². The fourth-order valence-corrected chi connectivity index (χ4v) is 2.13. The average Bonchev–Trinajstić information content (AvgIpc) is 2.36. The molecule has 0 saturated heterocycles. The van der Waals surface area contributed by atoms with Crippen molar-refractivity contribution in [1.82, 2.24) is 5.32 Å². The van der Waals surface area contributed by atoms with Gasteiger partial charge in [0.15, 0.2) is 0 Å². The zero-order valence-corrected chi connectivity index (χ0v) is 11.5. The van der Waals surface area contributed by atoms with Crippen LogP contribution in [-0.2, 0) is 13.1 Å². The van der Waals surface area contributed by atoms with Gasteiger partial charge in [-0.15, -0.1) is 0 Å². The first-order valence-electron chi connectivity index (χ1n) is 6.48. The van der Waals surface area contributed by atoms with Crippen molar-refractivity contribution in [3.05, 3.63) is 70.3 Å². The van der Waals surface area contributed by atoms with Crippen molar-refractivity contribution >= 4 is 0 Å². The normalized spacial score (nSPS) is 10.6. The second-order valence-corrected chi connectivity index (χ2v) is 4.96. The number of rotatable bonds is 4. The minimum atomic E-state index is 0.931. The maximum atomic E-state index is 3.53. The van der Waals surface area contributed by atoms with Crippen LogP contribution in [0.15, 0.2) is 42.5 Å². The summed E-state index contributed by atoms with van der Waals surface area (Å²) < 4.78 is 0. The molecule has 18 heavy (non-hydrogen) atoms. The molecule has 0 spiro atoms. The van der Waals surface area contributed by atoms with E-state index in [1.165, 1.54) is 27.8 Å². The SMILES string of the molecule is Cc1ccc(C)c(CNCc2ccccc2C)c1. The molecule has 0 atom stereocenters. The summed E-state index contributed by atoms with van der Waals surface area (Å²) in [5.41, 5.74) is 6.81. The summed E-state index contributed by atoms with van der Waals surface area (Å²) in [5, 5.41) is 3.53. The van der Waals surface area contributed by atoms with Gasteiger partial charge in [0.05, 0.1) is 0 Å². The monoisotopic (exact) mass is 239 g/mol. The summed E-state index contributed by atoms with van der Waals surface area (Å²) in [5.74, 6) is 0. The highest BCUT2D eigenvalue weighted by molar-refractivity contribution is 5.30. The van der Waals surface area contributed by atoms with Crippen molar-refractivity contribution < 1.29 is 0 Å². The Morgan fingerprint density at radius 1 is 0.778 bits per heavy atom. The molecular formula is C17H21N. The van der Waals surface area contributed by atoms with Gasteiger partial charge in [-0.2, -0.15) is 0 Å². The summed E-state index contributed by atoms with van der Waals surface area (Å²) in [6.45, 7) is 8.34. The van der Waals surface area contributed by atoms with Crippen LogP contribution in [0.25, 0.3) is 0 Å². The molecule has 2 aromatic rings. The minimum Gasteiger partial charge on any atom is -0.309 e.